The van der Waals surface area contributed by atoms with E-state index in [1.165, 1.54) is 18.2 Å². The number of carbonyl (C=O) groups is 1. The van der Waals surface area contributed by atoms with Crippen molar-refractivity contribution in [2.75, 3.05) is 0 Å². The van der Waals surface area contributed by atoms with Gasteiger partial charge in [-0.15, -0.1) is 0 Å². The summed E-state index contributed by atoms with van der Waals surface area (Å²) in [5, 5.41) is 0.420. The minimum Gasteiger partial charge on any atom is -0.319 e. The van der Waals surface area contributed by atoms with E-state index in [9.17, 15) is 9.18 Å². The number of Topliss-reactive ketones (excluding diaryl/α,β-unsaturated/α-hetero) is 1. The molecule has 0 amide bonds. The Morgan fingerprint density at radius 1 is 1.53 bits per heavy atom. The Balaban J connectivity index is 2.84. The van der Waals surface area contributed by atoms with E-state index in [2.05, 4.69) is 0 Å². The number of benzene rings is 1. The van der Waals surface area contributed by atoms with Crippen molar-refractivity contribution in [1.29, 1.82) is 0 Å². The first-order valence-corrected chi connectivity index (χ1v) is 6.00. The summed E-state index contributed by atoms with van der Waals surface area (Å²) in [5.74, 6) is -0.587. The molecule has 0 aliphatic heterocycles. The van der Waals surface area contributed by atoms with Gasteiger partial charge < -0.3 is 5.73 Å². The quantitative estimate of drug-likeness (QED) is 0.881. The molecule has 0 saturated carbocycles. The molecule has 1 rings (SSSR count). The van der Waals surface area contributed by atoms with Gasteiger partial charge in [-0.1, -0.05) is 24.9 Å². The molecule has 0 aliphatic carbocycles. The maximum atomic E-state index is 13.5. The normalized spacial score (nSPS) is 14.4. The second kappa shape index (κ2) is 5.61. The number of hydrogen-bond acceptors (Lipinski definition) is 2. The van der Waals surface area contributed by atoms with Gasteiger partial charge in [0.15, 0.2) is 5.78 Å². The fraction of sp³-hybridized carbons (Fsp3) is 0.462. The molecule has 1 aromatic rings. The lowest BCUT2D eigenvalue weighted by Crippen LogP contribution is -2.45. The van der Waals surface area contributed by atoms with Crippen LogP contribution in [-0.4, -0.2) is 11.3 Å². The summed E-state index contributed by atoms with van der Waals surface area (Å²) in [7, 11) is 0. The average Bonchev–Trinajstić information content (AvgIpc) is 2.23. The fourth-order valence-electron chi connectivity index (χ4n) is 1.71. The summed E-state index contributed by atoms with van der Waals surface area (Å²) < 4.78 is 13.5. The molecule has 94 valence electrons. The van der Waals surface area contributed by atoms with Gasteiger partial charge in [-0.3, -0.25) is 4.79 Å². The highest BCUT2D eigenvalue weighted by Crippen LogP contribution is 2.19. The summed E-state index contributed by atoms with van der Waals surface area (Å²) in [5.41, 5.74) is 5.30. The minimum absolute atomic E-state index is 0.0145. The van der Waals surface area contributed by atoms with Crippen LogP contribution in [0.15, 0.2) is 18.2 Å². The van der Waals surface area contributed by atoms with Gasteiger partial charge in [-0.05, 0) is 37.1 Å². The highest BCUT2D eigenvalue weighted by molar-refractivity contribution is 6.30. The fourth-order valence-corrected chi connectivity index (χ4v) is 1.91. The first-order valence-electron chi connectivity index (χ1n) is 5.63. The van der Waals surface area contributed by atoms with E-state index < -0.39 is 11.4 Å². The van der Waals surface area contributed by atoms with Crippen molar-refractivity contribution in [2.45, 2.75) is 38.6 Å². The molecule has 17 heavy (non-hydrogen) atoms. The first-order chi connectivity index (χ1) is 7.86. The molecule has 4 heteroatoms. The van der Waals surface area contributed by atoms with Crippen LogP contribution in [0.1, 0.15) is 32.3 Å². The number of carbonyl (C=O) groups excluding carboxylic acids is 1. The Bertz CT molecular complexity index is 418. The zero-order valence-corrected chi connectivity index (χ0v) is 10.9. The third kappa shape index (κ3) is 3.79. The predicted molar refractivity (Wildman–Crippen MR) is 67.6 cm³/mol. The van der Waals surface area contributed by atoms with E-state index in [4.69, 9.17) is 17.3 Å². The van der Waals surface area contributed by atoms with E-state index in [0.29, 0.717) is 17.0 Å². The van der Waals surface area contributed by atoms with Crippen LogP contribution in [-0.2, 0) is 11.2 Å². The Morgan fingerprint density at radius 2 is 2.18 bits per heavy atom. The third-order valence-corrected chi connectivity index (χ3v) is 3.00. The van der Waals surface area contributed by atoms with Gasteiger partial charge in [0.2, 0.25) is 0 Å². The van der Waals surface area contributed by atoms with E-state index >= 15 is 0 Å². The van der Waals surface area contributed by atoms with Crippen molar-refractivity contribution in [3.8, 4) is 0 Å². The van der Waals surface area contributed by atoms with Crippen LogP contribution in [0.4, 0.5) is 4.39 Å². The van der Waals surface area contributed by atoms with Gasteiger partial charge in [0.05, 0.1) is 5.54 Å². The monoisotopic (exact) mass is 257 g/mol. The molecule has 0 aliphatic rings. The third-order valence-electron chi connectivity index (χ3n) is 2.77. The molecule has 0 bridgehead atoms. The summed E-state index contributed by atoms with van der Waals surface area (Å²) in [6.45, 7) is 3.64. The SMILES string of the molecule is CCCC(C)(N)C(=O)Cc1cc(Cl)ccc1F. The van der Waals surface area contributed by atoms with E-state index in [1.807, 2.05) is 6.92 Å². The molecule has 0 spiro atoms. The van der Waals surface area contributed by atoms with Crippen molar-refractivity contribution in [3.05, 3.63) is 34.6 Å². The van der Waals surface area contributed by atoms with Crippen LogP contribution >= 0.6 is 11.6 Å². The molecule has 1 aromatic carbocycles. The van der Waals surface area contributed by atoms with Crippen molar-refractivity contribution in [1.82, 2.24) is 0 Å². The zero-order valence-electron chi connectivity index (χ0n) is 10.1. The largest absolute Gasteiger partial charge is 0.319 e. The zero-order chi connectivity index (χ0) is 13.1. The maximum absolute atomic E-state index is 13.5. The van der Waals surface area contributed by atoms with Gasteiger partial charge in [0, 0.05) is 11.4 Å². The first kappa shape index (κ1) is 14.1. The standard InChI is InChI=1S/C13H17ClFNO/c1-3-6-13(2,16)12(17)8-9-7-10(14)4-5-11(9)15/h4-5,7H,3,6,8,16H2,1-2H3. The molecule has 1 unspecified atom stereocenters. The van der Waals surface area contributed by atoms with Crippen LogP contribution in [0.3, 0.4) is 0 Å². The van der Waals surface area contributed by atoms with Gasteiger partial charge in [-0.2, -0.15) is 0 Å². The molecular weight excluding hydrogens is 241 g/mol. The summed E-state index contributed by atoms with van der Waals surface area (Å²) in [6.07, 6.45) is 1.39. The van der Waals surface area contributed by atoms with Crippen LogP contribution in [0.25, 0.3) is 0 Å². The highest BCUT2D eigenvalue weighted by atomic mass is 35.5. The number of nitrogens with two attached hydrogens (primary N) is 1. The Kier molecular flexibility index (Phi) is 4.66. The van der Waals surface area contributed by atoms with Crippen LogP contribution in [0.5, 0.6) is 0 Å². The van der Waals surface area contributed by atoms with Crippen LogP contribution in [0.2, 0.25) is 5.02 Å². The summed E-state index contributed by atoms with van der Waals surface area (Å²) in [4.78, 5) is 12.0. The van der Waals surface area contributed by atoms with Gasteiger partial charge in [0.1, 0.15) is 5.82 Å². The highest BCUT2D eigenvalue weighted by Gasteiger charge is 2.27. The van der Waals surface area contributed by atoms with Gasteiger partial charge in [-0.25, -0.2) is 4.39 Å². The van der Waals surface area contributed by atoms with E-state index in [0.717, 1.165) is 6.42 Å². The molecule has 1 atom stereocenters. The molecule has 0 radical (unpaired) electrons. The lowest BCUT2D eigenvalue weighted by Gasteiger charge is -2.22. The van der Waals surface area contributed by atoms with Crippen LogP contribution < -0.4 is 5.73 Å². The van der Waals surface area contributed by atoms with Crippen molar-refractivity contribution in [3.63, 3.8) is 0 Å². The van der Waals surface area contributed by atoms with Crippen molar-refractivity contribution in [2.24, 2.45) is 5.73 Å². The molecule has 2 nitrogen and oxygen atoms in total. The number of hydrogen-bond donors (Lipinski definition) is 1. The predicted octanol–water partition coefficient (Wildman–Crippen LogP) is 3.11. The second-order valence-electron chi connectivity index (χ2n) is 4.50. The lowest BCUT2D eigenvalue weighted by molar-refractivity contribution is -0.123. The number of rotatable bonds is 5. The molecule has 0 saturated heterocycles. The molecular formula is C13H17ClFNO. The summed E-state index contributed by atoms with van der Waals surface area (Å²) >= 11 is 5.77. The maximum Gasteiger partial charge on any atom is 0.156 e. The topological polar surface area (TPSA) is 43.1 Å². The molecule has 0 aromatic heterocycles. The lowest BCUT2D eigenvalue weighted by atomic mass is 9.88. The van der Waals surface area contributed by atoms with Gasteiger partial charge >= 0.3 is 0 Å². The average molecular weight is 258 g/mol. The van der Waals surface area contributed by atoms with E-state index in [1.54, 1.807) is 6.92 Å². The van der Waals surface area contributed by atoms with Gasteiger partial charge in [0.25, 0.3) is 0 Å². The molecule has 0 fully saturated rings. The Morgan fingerprint density at radius 3 is 2.76 bits per heavy atom. The molecule has 0 heterocycles. The van der Waals surface area contributed by atoms with Crippen molar-refractivity contribution < 1.29 is 9.18 Å². The van der Waals surface area contributed by atoms with Crippen LogP contribution in [0, 0.1) is 5.82 Å². The smallest absolute Gasteiger partial charge is 0.156 e. The number of ketones is 1. The Labute approximate surface area is 106 Å². The minimum atomic E-state index is -0.899. The van der Waals surface area contributed by atoms with Crippen molar-refractivity contribution >= 4 is 17.4 Å². The summed E-state index contributed by atoms with van der Waals surface area (Å²) in [6, 6.07) is 4.19. The Hall–Kier alpha value is -0.930. The molecule has 2 N–H and O–H groups in total. The van der Waals surface area contributed by atoms with E-state index in [-0.39, 0.29) is 12.2 Å². The second-order valence-corrected chi connectivity index (χ2v) is 4.94. The number of halogens is 2.